The van der Waals surface area contributed by atoms with E-state index >= 15 is 0 Å². The highest BCUT2D eigenvalue weighted by Gasteiger charge is 2.38. The zero-order valence-electron chi connectivity index (χ0n) is 11.8. The van der Waals surface area contributed by atoms with Gasteiger partial charge in [0.1, 0.15) is 0 Å². The molecule has 0 saturated heterocycles. The molecule has 0 aliphatic heterocycles. The average Bonchev–Trinajstić information content (AvgIpc) is 3.27. The Kier molecular flexibility index (Phi) is 3.56. The summed E-state index contributed by atoms with van der Waals surface area (Å²) in [5, 5.41) is 0. The average molecular weight is 260 g/mol. The van der Waals surface area contributed by atoms with Crippen LogP contribution in [0.15, 0.2) is 61.7 Å². The minimum Gasteiger partial charge on any atom is -0.0984 e. The summed E-state index contributed by atoms with van der Waals surface area (Å²) in [6.07, 6.45) is 6.33. The van der Waals surface area contributed by atoms with Crippen molar-refractivity contribution in [1.29, 1.82) is 0 Å². The third kappa shape index (κ3) is 2.46. The molecule has 0 radical (unpaired) electrons. The number of benzene rings is 2. The van der Waals surface area contributed by atoms with E-state index in [9.17, 15) is 0 Å². The molecule has 0 bridgehead atoms. The second-order valence-electron chi connectivity index (χ2n) is 5.55. The normalized spacial score (nSPS) is 20.4. The Morgan fingerprint density at radius 1 is 0.950 bits per heavy atom. The van der Waals surface area contributed by atoms with Crippen molar-refractivity contribution in [3.8, 4) is 0 Å². The summed E-state index contributed by atoms with van der Waals surface area (Å²) >= 11 is 0. The van der Waals surface area contributed by atoms with Crippen molar-refractivity contribution in [3.05, 3.63) is 83.9 Å². The molecule has 1 fully saturated rings. The quantitative estimate of drug-likeness (QED) is 0.682. The van der Waals surface area contributed by atoms with Crippen molar-refractivity contribution in [2.45, 2.75) is 18.8 Å². The molecule has 3 rings (SSSR count). The van der Waals surface area contributed by atoms with E-state index in [-0.39, 0.29) is 0 Å². The van der Waals surface area contributed by atoms with Gasteiger partial charge in [-0.1, -0.05) is 73.8 Å². The number of hydrogen-bond donors (Lipinski definition) is 0. The Bertz CT molecular complexity index is 622. The van der Waals surface area contributed by atoms with Crippen molar-refractivity contribution in [1.82, 2.24) is 0 Å². The third-order valence-electron chi connectivity index (χ3n) is 4.29. The lowest BCUT2D eigenvalue weighted by atomic mass is 9.96. The van der Waals surface area contributed by atoms with Crippen LogP contribution in [0.3, 0.4) is 0 Å². The van der Waals surface area contributed by atoms with E-state index in [2.05, 4.69) is 61.7 Å². The molecule has 0 aromatic heterocycles. The monoisotopic (exact) mass is 260 g/mol. The van der Waals surface area contributed by atoms with Crippen LogP contribution in [0.4, 0.5) is 0 Å². The Hall–Kier alpha value is -2.08. The highest BCUT2D eigenvalue weighted by molar-refractivity contribution is 5.66. The smallest absolute Gasteiger partial charge is 0.0127 e. The van der Waals surface area contributed by atoms with Crippen LogP contribution in [0.1, 0.15) is 34.6 Å². The first-order valence-electron chi connectivity index (χ1n) is 7.25. The summed E-state index contributed by atoms with van der Waals surface area (Å²) in [5.74, 6) is 1.51. The maximum atomic E-state index is 3.96. The van der Waals surface area contributed by atoms with Gasteiger partial charge >= 0.3 is 0 Å². The first kappa shape index (κ1) is 12.9. The van der Waals surface area contributed by atoms with Gasteiger partial charge in [-0.15, -0.1) is 0 Å². The van der Waals surface area contributed by atoms with Crippen molar-refractivity contribution in [2.24, 2.45) is 5.92 Å². The van der Waals surface area contributed by atoms with Crippen molar-refractivity contribution in [2.75, 3.05) is 0 Å². The first-order chi connectivity index (χ1) is 9.83. The molecule has 0 N–H and O–H groups in total. The van der Waals surface area contributed by atoms with Crippen LogP contribution in [0.2, 0.25) is 0 Å². The summed E-state index contributed by atoms with van der Waals surface area (Å²) in [5.41, 5.74) is 5.33. The van der Waals surface area contributed by atoms with Crippen LogP contribution in [0.5, 0.6) is 0 Å². The maximum Gasteiger partial charge on any atom is -0.0127 e. The molecule has 20 heavy (non-hydrogen) atoms. The van der Waals surface area contributed by atoms with E-state index in [0.29, 0.717) is 0 Å². The molecule has 0 amide bonds. The fourth-order valence-corrected chi connectivity index (χ4v) is 3.10. The summed E-state index contributed by atoms with van der Waals surface area (Å²) < 4.78 is 0. The predicted octanol–water partition coefficient (Wildman–Crippen LogP) is 5.32. The summed E-state index contributed by atoms with van der Waals surface area (Å²) in [4.78, 5) is 0. The van der Waals surface area contributed by atoms with Crippen molar-refractivity contribution < 1.29 is 0 Å². The fourth-order valence-electron chi connectivity index (χ4n) is 3.10. The van der Waals surface area contributed by atoms with Gasteiger partial charge in [-0.3, -0.25) is 0 Å². The Labute approximate surface area is 121 Å². The van der Waals surface area contributed by atoms with Crippen LogP contribution in [-0.2, 0) is 6.42 Å². The molecule has 0 heteroatoms. The van der Waals surface area contributed by atoms with Crippen LogP contribution < -0.4 is 0 Å². The topological polar surface area (TPSA) is 0 Å². The molecule has 2 aromatic rings. The molecule has 0 nitrogen and oxygen atoms in total. The molecule has 0 heterocycles. The van der Waals surface area contributed by atoms with Gasteiger partial charge in [0, 0.05) is 0 Å². The van der Waals surface area contributed by atoms with E-state index in [1.165, 1.54) is 28.7 Å². The van der Waals surface area contributed by atoms with Crippen LogP contribution in [0, 0.1) is 5.92 Å². The van der Waals surface area contributed by atoms with E-state index in [1.807, 2.05) is 12.2 Å². The molecule has 2 atom stereocenters. The molecular weight excluding hydrogens is 240 g/mol. The van der Waals surface area contributed by atoms with Gasteiger partial charge in [0.05, 0.1) is 0 Å². The Balaban J connectivity index is 1.77. The lowest BCUT2D eigenvalue weighted by molar-refractivity contribution is 0.793. The van der Waals surface area contributed by atoms with Gasteiger partial charge in [0.15, 0.2) is 0 Å². The largest absolute Gasteiger partial charge is 0.0984 e. The van der Waals surface area contributed by atoms with E-state index in [0.717, 1.165) is 18.3 Å². The highest BCUT2D eigenvalue weighted by atomic mass is 14.4. The Morgan fingerprint density at radius 2 is 1.75 bits per heavy atom. The van der Waals surface area contributed by atoms with E-state index < -0.39 is 0 Å². The van der Waals surface area contributed by atoms with Gasteiger partial charge in [0.25, 0.3) is 0 Å². The number of rotatable bonds is 5. The zero-order valence-corrected chi connectivity index (χ0v) is 11.8. The maximum absolute atomic E-state index is 3.96. The predicted molar refractivity (Wildman–Crippen MR) is 87.6 cm³/mol. The molecule has 1 saturated carbocycles. The zero-order chi connectivity index (χ0) is 13.9. The highest BCUT2D eigenvalue weighted by Crippen LogP contribution is 2.49. The fraction of sp³-hybridized carbons (Fsp3) is 0.200. The van der Waals surface area contributed by atoms with Crippen LogP contribution >= 0.6 is 0 Å². The number of hydrogen-bond acceptors (Lipinski definition) is 0. The molecule has 100 valence electrons. The van der Waals surface area contributed by atoms with Gasteiger partial charge in [-0.05, 0) is 46.9 Å². The molecule has 0 spiro atoms. The van der Waals surface area contributed by atoms with Crippen LogP contribution in [-0.4, -0.2) is 0 Å². The molecule has 2 aromatic carbocycles. The SMILES string of the molecule is C=Cc1cccc(C[C@H]2C[C@H]2c2ccccc2)c1C=C. The lowest BCUT2D eigenvalue weighted by Gasteiger charge is -2.09. The first-order valence-corrected chi connectivity index (χ1v) is 7.25. The van der Waals surface area contributed by atoms with Gasteiger partial charge in [-0.2, -0.15) is 0 Å². The standard InChI is InChI=1S/C20H20/c1-3-15-11-8-12-17(19(15)4-2)13-18-14-20(18)16-9-6-5-7-10-16/h3-12,18,20H,1-2,13-14H2/t18-,20-/m0/s1. The molecular formula is C20H20. The van der Waals surface area contributed by atoms with Crippen molar-refractivity contribution >= 4 is 12.2 Å². The minimum atomic E-state index is 0.737. The van der Waals surface area contributed by atoms with Gasteiger partial charge in [-0.25, -0.2) is 0 Å². The summed E-state index contributed by atoms with van der Waals surface area (Å²) in [7, 11) is 0. The van der Waals surface area contributed by atoms with Gasteiger partial charge in [0.2, 0.25) is 0 Å². The second-order valence-corrected chi connectivity index (χ2v) is 5.55. The minimum absolute atomic E-state index is 0.737. The third-order valence-corrected chi connectivity index (χ3v) is 4.29. The molecule has 1 aliphatic rings. The van der Waals surface area contributed by atoms with E-state index in [4.69, 9.17) is 0 Å². The molecule has 0 unspecified atom stereocenters. The Morgan fingerprint density at radius 3 is 2.45 bits per heavy atom. The lowest BCUT2D eigenvalue weighted by Crippen LogP contribution is -1.95. The van der Waals surface area contributed by atoms with E-state index in [1.54, 1.807) is 0 Å². The van der Waals surface area contributed by atoms with Crippen LogP contribution in [0.25, 0.3) is 12.2 Å². The van der Waals surface area contributed by atoms with Gasteiger partial charge < -0.3 is 0 Å². The second kappa shape index (κ2) is 5.50. The van der Waals surface area contributed by atoms with Crippen molar-refractivity contribution in [3.63, 3.8) is 0 Å². The molecule has 1 aliphatic carbocycles. The summed E-state index contributed by atoms with van der Waals surface area (Å²) in [6, 6.07) is 17.3. The summed E-state index contributed by atoms with van der Waals surface area (Å²) in [6.45, 7) is 7.85.